The summed E-state index contributed by atoms with van der Waals surface area (Å²) in [7, 11) is 0. The number of amides is 2. The zero-order valence-corrected chi connectivity index (χ0v) is 15.1. The average molecular weight is 363 g/mol. The number of hydrogen-bond donors (Lipinski definition) is 0. The van der Waals surface area contributed by atoms with Crippen LogP contribution in [0.5, 0.6) is 5.75 Å². The van der Waals surface area contributed by atoms with Crippen LogP contribution in [0, 0.1) is 17.8 Å². The second-order valence-electron chi connectivity index (χ2n) is 7.39. The van der Waals surface area contributed by atoms with Crippen LogP contribution in [0.25, 0.3) is 0 Å². The molecule has 2 amide bonds. The third-order valence-corrected chi connectivity index (χ3v) is 5.50. The fourth-order valence-electron chi connectivity index (χ4n) is 4.05. The van der Waals surface area contributed by atoms with Gasteiger partial charge in [-0.3, -0.25) is 14.5 Å². The standard InChI is InChI=1S/C22H21NO4/c1-14-7-12-18-19(13-14)21(25)23(20(18)24)16-8-10-17(11-9-16)27-22(26)15-5-3-2-4-6-15/h2-6,8-11,14,18-19H,7,12-13H2,1H3/t14-,18+,19+/m1/s1. The summed E-state index contributed by atoms with van der Waals surface area (Å²) in [6.07, 6.45) is 2.54. The van der Waals surface area contributed by atoms with Crippen molar-refractivity contribution in [3.8, 4) is 5.75 Å². The van der Waals surface area contributed by atoms with E-state index in [4.69, 9.17) is 4.74 Å². The molecule has 2 aromatic rings. The van der Waals surface area contributed by atoms with Crippen molar-refractivity contribution < 1.29 is 19.1 Å². The molecule has 1 saturated heterocycles. The Kier molecular flexibility index (Phi) is 4.52. The summed E-state index contributed by atoms with van der Waals surface area (Å²) >= 11 is 0. The first-order valence-corrected chi connectivity index (χ1v) is 9.29. The molecule has 0 unspecified atom stereocenters. The lowest BCUT2D eigenvalue weighted by molar-refractivity contribution is -0.122. The molecule has 1 heterocycles. The quantitative estimate of drug-likeness (QED) is 0.472. The summed E-state index contributed by atoms with van der Waals surface area (Å²) in [6.45, 7) is 2.13. The smallest absolute Gasteiger partial charge is 0.343 e. The summed E-state index contributed by atoms with van der Waals surface area (Å²) in [6, 6.07) is 15.3. The molecule has 5 nitrogen and oxygen atoms in total. The molecule has 2 aliphatic rings. The van der Waals surface area contributed by atoms with E-state index < -0.39 is 5.97 Å². The fourth-order valence-corrected chi connectivity index (χ4v) is 4.05. The molecule has 4 rings (SSSR count). The molecule has 2 fully saturated rings. The first-order valence-electron chi connectivity index (χ1n) is 9.29. The minimum atomic E-state index is -0.448. The van der Waals surface area contributed by atoms with E-state index in [9.17, 15) is 14.4 Å². The number of esters is 1. The monoisotopic (exact) mass is 363 g/mol. The highest BCUT2D eigenvalue weighted by molar-refractivity contribution is 6.22. The van der Waals surface area contributed by atoms with Gasteiger partial charge in [0.25, 0.3) is 0 Å². The van der Waals surface area contributed by atoms with E-state index in [1.807, 2.05) is 6.07 Å². The van der Waals surface area contributed by atoms with Gasteiger partial charge in [-0.15, -0.1) is 0 Å². The van der Waals surface area contributed by atoms with Crippen molar-refractivity contribution in [3.05, 3.63) is 60.2 Å². The molecule has 0 spiro atoms. The van der Waals surface area contributed by atoms with Crippen LogP contribution >= 0.6 is 0 Å². The molecular formula is C22H21NO4. The van der Waals surface area contributed by atoms with Crippen LogP contribution in [-0.2, 0) is 9.59 Å². The number of ether oxygens (including phenoxy) is 1. The van der Waals surface area contributed by atoms with Gasteiger partial charge in [-0.2, -0.15) is 0 Å². The minimum absolute atomic E-state index is 0.106. The maximum Gasteiger partial charge on any atom is 0.343 e. The van der Waals surface area contributed by atoms with Crippen LogP contribution in [-0.4, -0.2) is 17.8 Å². The van der Waals surface area contributed by atoms with Crippen LogP contribution in [0.1, 0.15) is 36.5 Å². The zero-order chi connectivity index (χ0) is 19.0. The van der Waals surface area contributed by atoms with Gasteiger partial charge in [-0.1, -0.05) is 25.1 Å². The molecule has 1 saturated carbocycles. The first kappa shape index (κ1) is 17.5. The van der Waals surface area contributed by atoms with Crippen LogP contribution in [0.4, 0.5) is 5.69 Å². The number of hydrogen-bond acceptors (Lipinski definition) is 4. The number of carbonyl (C=O) groups excluding carboxylic acids is 3. The zero-order valence-electron chi connectivity index (χ0n) is 15.1. The molecule has 0 aromatic heterocycles. The number of benzene rings is 2. The molecule has 2 aromatic carbocycles. The average Bonchev–Trinajstić information content (AvgIpc) is 2.93. The van der Waals surface area contributed by atoms with Gasteiger partial charge in [-0.05, 0) is 61.6 Å². The number of fused-ring (bicyclic) bond motifs is 1. The Labute approximate surface area is 157 Å². The number of anilines is 1. The molecule has 27 heavy (non-hydrogen) atoms. The molecule has 3 atom stereocenters. The summed E-state index contributed by atoms with van der Waals surface area (Å²) in [5.41, 5.74) is 0.997. The van der Waals surface area contributed by atoms with E-state index in [0.29, 0.717) is 22.9 Å². The van der Waals surface area contributed by atoms with E-state index in [2.05, 4.69) is 6.92 Å². The number of nitrogens with zero attached hydrogens (tertiary/aromatic N) is 1. The predicted molar refractivity (Wildman–Crippen MR) is 100 cm³/mol. The molecule has 5 heteroatoms. The van der Waals surface area contributed by atoms with Crippen LogP contribution < -0.4 is 9.64 Å². The van der Waals surface area contributed by atoms with E-state index in [1.165, 1.54) is 4.90 Å². The Morgan fingerprint density at radius 2 is 1.59 bits per heavy atom. The molecule has 0 radical (unpaired) electrons. The van der Waals surface area contributed by atoms with Gasteiger partial charge in [-0.25, -0.2) is 4.79 Å². The van der Waals surface area contributed by atoms with Crippen molar-refractivity contribution in [3.63, 3.8) is 0 Å². The van der Waals surface area contributed by atoms with Crippen molar-refractivity contribution in [1.29, 1.82) is 0 Å². The minimum Gasteiger partial charge on any atom is -0.423 e. The molecule has 0 N–H and O–H groups in total. The van der Waals surface area contributed by atoms with Crippen molar-refractivity contribution in [2.24, 2.45) is 17.8 Å². The van der Waals surface area contributed by atoms with E-state index in [1.54, 1.807) is 48.5 Å². The first-order chi connectivity index (χ1) is 13.0. The maximum atomic E-state index is 12.8. The second-order valence-corrected chi connectivity index (χ2v) is 7.39. The third-order valence-electron chi connectivity index (χ3n) is 5.50. The lowest BCUT2D eigenvalue weighted by Crippen LogP contribution is -2.30. The highest BCUT2D eigenvalue weighted by Gasteiger charge is 2.49. The number of carbonyl (C=O) groups is 3. The summed E-state index contributed by atoms with van der Waals surface area (Å²) in [5, 5.41) is 0. The number of rotatable bonds is 3. The Morgan fingerprint density at radius 3 is 2.30 bits per heavy atom. The Morgan fingerprint density at radius 1 is 0.926 bits per heavy atom. The third kappa shape index (κ3) is 3.25. The van der Waals surface area contributed by atoms with E-state index in [0.717, 1.165) is 19.3 Å². The summed E-state index contributed by atoms with van der Waals surface area (Å²) in [4.78, 5) is 38.9. The van der Waals surface area contributed by atoms with Gasteiger partial charge in [0.15, 0.2) is 0 Å². The summed E-state index contributed by atoms with van der Waals surface area (Å²) < 4.78 is 5.35. The number of imide groups is 1. The summed E-state index contributed by atoms with van der Waals surface area (Å²) in [5.74, 6) is -0.199. The molecule has 1 aliphatic carbocycles. The van der Waals surface area contributed by atoms with Crippen LogP contribution in [0.2, 0.25) is 0 Å². The van der Waals surface area contributed by atoms with Gasteiger partial charge < -0.3 is 4.74 Å². The van der Waals surface area contributed by atoms with Crippen LogP contribution in [0.15, 0.2) is 54.6 Å². The van der Waals surface area contributed by atoms with Crippen molar-refractivity contribution >= 4 is 23.5 Å². The molecule has 138 valence electrons. The lowest BCUT2D eigenvalue weighted by atomic mass is 9.76. The van der Waals surface area contributed by atoms with Gasteiger partial charge >= 0.3 is 5.97 Å². The van der Waals surface area contributed by atoms with Gasteiger partial charge in [0, 0.05) is 0 Å². The second kappa shape index (κ2) is 6.99. The largest absolute Gasteiger partial charge is 0.423 e. The highest BCUT2D eigenvalue weighted by atomic mass is 16.5. The van der Waals surface area contributed by atoms with Crippen LogP contribution in [0.3, 0.4) is 0 Å². The van der Waals surface area contributed by atoms with Gasteiger partial charge in [0.05, 0.1) is 23.1 Å². The highest BCUT2D eigenvalue weighted by Crippen LogP contribution is 2.42. The normalized spacial score (nSPS) is 24.6. The molecule has 0 bridgehead atoms. The Bertz CT molecular complexity index is 875. The van der Waals surface area contributed by atoms with Crippen molar-refractivity contribution in [2.45, 2.75) is 26.2 Å². The predicted octanol–water partition coefficient (Wildman–Crippen LogP) is 3.83. The van der Waals surface area contributed by atoms with Gasteiger partial charge in [0.2, 0.25) is 11.8 Å². The van der Waals surface area contributed by atoms with E-state index >= 15 is 0 Å². The Hall–Kier alpha value is -2.95. The lowest BCUT2D eigenvalue weighted by Gasteiger charge is -2.25. The molecule has 1 aliphatic heterocycles. The SMILES string of the molecule is C[C@@H]1CC[C@@H]2C(=O)N(c3ccc(OC(=O)c4ccccc4)cc3)C(=O)[C@H]2C1. The van der Waals surface area contributed by atoms with Crippen molar-refractivity contribution in [1.82, 2.24) is 0 Å². The van der Waals surface area contributed by atoms with Gasteiger partial charge in [0.1, 0.15) is 5.75 Å². The Balaban J connectivity index is 1.50. The van der Waals surface area contributed by atoms with E-state index in [-0.39, 0.29) is 23.7 Å². The van der Waals surface area contributed by atoms with Crippen molar-refractivity contribution in [2.75, 3.05) is 4.90 Å². The fraction of sp³-hybridized carbons (Fsp3) is 0.318. The topological polar surface area (TPSA) is 63.7 Å². The maximum absolute atomic E-state index is 12.8. The molecular weight excluding hydrogens is 342 g/mol.